The SMILES string of the molecule is CN(C)CCOc1ccc2c(=O)c3c(O)cc(N4CCOCC4)cc3oc2c1. The summed E-state index contributed by atoms with van der Waals surface area (Å²) in [7, 11) is 3.96. The molecule has 0 amide bonds. The van der Waals surface area contributed by atoms with Crippen molar-refractivity contribution < 1.29 is 19.0 Å². The van der Waals surface area contributed by atoms with Crippen molar-refractivity contribution in [1.29, 1.82) is 0 Å². The Hall–Kier alpha value is -2.77. The second-order valence-corrected chi connectivity index (χ2v) is 7.18. The minimum atomic E-state index is -0.248. The maximum absolute atomic E-state index is 12.9. The van der Waals surface area contributed by atoms with Crippen LogP contribution in [0.5, 0.6) is 11.5 Å². The Labute approximate surface area is 162 Å². The summed E-state index contributed by atoms with van der Waals surface area (Å²) in [5.41, 5.74) is 1.37. The molecule has 7 nitrogen and oxygen atoms in total. The molecule has 148 valence electrons. The van der Waals surface area contributed by atoms with Gasteiger partial charge in [-0.15, -0.1) is 0 Å². The fraction of sp³-hybridized carbons (Fsp3) is 0.381. The summed E-state index contributed by atoms with van der Waals surface area (Å²) in [5.74, 6) is 0.575. The number of phenolic OH excluding ortho intramolecular Hbond substituents is 1. The number of aromatic hydroxyl groups is 1. The number of fused-ring (bicyclic) bond motifs is 2. The predicted molar refractivity (Wildman–Crippen MR) is 109 cm³/mol. The van der Waals surface area contributed by atoms with E-state index >= 15 is 0 Å². The Morgan fingerprint density at radius 1 is 1.14 bits per heavy atom. The lowest BCUT2D eigenvalue weighted by Gasteiger charge is -2.29. The molecule has 2 aromatic carbocycles. The van der Waals surface area contributed by atoms with Crippen LogP contribution in [0.2, 0.25) is 0 Å². The third-order valence-corrected chi connectivity index (χ3v) is 4.89. The molecule has 1 aliphatic heterocycles. The van der Waals surface area contributed by atoms with Gasteiger partial charge in [-0.2, -0.15) is 0 Å². The van der Waals surface area contributed by atoms with Gasteiger partial charge < -0.3 is 28.8 Å². The second kappa shape index (κ2) is 7.69. The van der Waals surface area contributed by atoms with Gasteiger partial charge in [0.05, 0.1) is 18.6 Å². The molecule has 0 bridgehead atoms. The average Bonchev–Trinajstić information content (AvgIpc) is 2.68. The van der Waals surface area contributed by atoms with Crippen LogP contribution in [0.25, 0.3) is 21.9 Å². The second-order valence-electron chi connectivity index (χ2n) is 7.18. The first-order chi connectivity index (χ1) is 13.5. The molecule has 1 N–H and O–H groups in total. The quantitative estimate of drug-likeness (QED) is 0.677. The number of hydrogen-bond acceptors (Lipinski definition) is 7. The third-order valence-electron chi connectivity index (χ3n) is 4.89. The van der Waals surface area contributed by atoms with Gasteiger partial charge in [-0.05, 0) is 26.2 Å². The minimum Gasteiger partial charge on any atom is -0.507 e. The number of anilines is 1. The molecule has 0 unspecified atom stereocenters. The molecule has 7 heteroatoms. The minimum absolute atomic E-state index is 0.0686. The Bertz CT molecular complexity index is 1050. The number of morpholine rings is 1. The summed E-state index contributed by atoms with van der Waals surface area (Å²) in [6.45, 7) is 4.05. The van der Waals surface area contributed by atoms with E-state index in [1.807, 2.05) is 19.0 Å². The first-order valence-electron chi connectivity index (χ1n) is 9.37. The third kappa shape index (κ3) is 3.63. The van der Waals surface area contributed by atoms with Crippen molar-refractivity contribution in [3.05, 3.63) is 40.6 Å². The van der Waals surface area contributed by atoms with Gasteiger partial charge in [0.15, 0.2) is 0 Å². The number of phenols is 1. The molecule has 4 rings (SSSR count). The molecule has 1 fully saturated rings. The predicted octanol–water partition coefficient (Wildman–Crippen LogP) is 2.43. The fourth-order valence-electron chi connectivity index (χ4n) is 3.36. The average molecular weight is 384 g/mol. The van der Waals surface area contributed by atoms with Crippen molar-refractivity contribution in [2.24, 2.45) is 0 Å². The topological polar surface area (TPSA) is 75.4 Å². The van der Waals surface area contributed by atoms with Crippen molar-refractivity contribution in [2.45, 2.75) is 0 Å². The van der Waals surface area contributed by atoms with Gasteiger partial charge in [-0.3, -0.25) is 4.79 Å². The molecule has 3 aromatic rings. The lowest BCUT2D eigenvalue weighted by molar-refractivity contribution is 0.122. The number of hydrogen-bond donors (Lipinski definition) is 1. The van der Waals surface area contributed by atoms with Gasteiger partial charge in [0.1, 0.15) is 34.7 Å². The molecule has 0 spiro atoms. The lowest BCUT2D eigenvalue weighted by atomic mass is 10.1. The van der Waals surface area contributed by atoms with Gasteiger partial charge in [0, 0.05) is 43.5 Å². The van der Waals surface area contributed by atoms with Crippen molar-refractivity contribution >= 4 is 27.6 Å². The Balaban J connectivity index is 1.75. The van der Waals surface area contributed by atoms with Crippen LogP contribution in [0.1, 0.15) is 0 Å². The van der Waals surface area contributed by atoms with E-state index in [0.717, 1.165) is 25.3 Å². The molecule has 0 aliphatic carbocycles. The van der Waals surface area contributed by atoms with Crippen LogP contribution in [-0.4, -0.2) is 63.6 Å². The zero-order valence-corrected chi connectivity index (χ0v) is 16.1. The maximum atomic E-state index is 12.9. The fourth-order valence-corrected chi connectivity index (χ4v) is 3.36. The Morgan fingerprint density at radius 3 is 2.68 bits per heavy atom. The zero-order valence-electron chi connectivity index (χ0n) is 16.1. The molecule has 1 aliphatic rings. The largest absolute Gasteiger partial charge is 0.507 e. The smallest absolute Gasteiger partial charge is 0.204 e. The van der Waals surface area contributed by atoms with E-state index in [1.54, 1.807) is 30.3 Å². The van der Waals surface area contributed by atoms with Crippen LogP contribution < -0.4 is 15.1 Å². The molecule has 1 saturated heterocycles. The molecule has 28 heavy (non-hydrogen) atoms. The lowest BCUT2D eigenvalue weighted by Crippen LogP contribution is -2.36. The van der Waals surface area contributed by atoms with E-state index in [9.17, 15) is 9.90 Å². The van der Waals surface area contributed by atoms with Gasteiger partial charge in [0.2, 0.25) is 5.43 Å². The number of benzene rings is 2. The summed E-state index contributed by atoms with van der Waals surface area (Å²) >= 11 is 0. The van der Waals surface area contributed by atoms with Gasteiger partial charge in [0.25, 0.3) is 0 Å². The van der Waals surface area contributed by atoms with E-state index in [2.05, 4.69) is 4.90 Å². The summed E-state index contributed by atoms with van der Waals surface area (Å²) in [6.07, 6.45) is 0. The molecule has 0 atom stereocenters. The number of likely N-dealkylation sites (N-methyl/N-ethyl adjacent to an activating group) is 1. The Morgan fingerprint density at radius 2 is 1.93 bits per heavy atom. The highest BCUT2D eigenvalue weighted by molar-refractivity contribution is 5.95. The molecular formula is C21H24N2O5. The van der Waals surface area contributed by atoms with Gasteiger partial charge in [-0.1, -0.05) is 0 Å². The number of rotatable bonds is 5. The van der Waals surface area contributed by atoms with Crippen molar-refractivity contribution in [3.8, 4) is 11.5 Å². The Kier molecular flexibility index (Phi) is 5.11. The van der Waals surface area contributed by atoms with Crippen molar-refractivity contribution in [1.82, 2.24) is 4.90 Å². The van der Waals surface area contributed by atoms with Crippen LogP contribution in [0, 0.1) is 0 Å². The zero-order chi connectivity index (χ0) is 19.7. The molecule has 2 heterocycles. The van der Waals surface area contributed by atoms with Crippen LogP contribution in [-0.2, 0) is 4.74 Å². The van der Waals surface area contributed by atoms with Gasteiger partial charge in [-0.25, -0.2) is 0 Å². The standard InChI is InChI=1S/C21H24N2O5/c1-22(2)5-10-27-15-3-4-16-18(13-15)28-19-12-14(23-6-8-26-9-7-23)11-17(24)20(19)21(16)25/h3-4,11-13,24H,5-10H2,1-2H3. The highest BCUT2D eigenvalue weighted by Crippen LogP contribution is 2.32. The molecule has 1 aromatic heterocycles. The van der Waals surface area contributed by atoms with Crippen LogP contribution >= 0.6 is 0 Å². The van der Waals surface area contributed by atoms with Gasteiger partial charge >= 0.3 is 0 Å². The maximum Gasteiger partial charge on any atom is 0.204 e. The first kappa shape index (κ1) is 18.6. The van der Waals surface area contributed by atoms with Crippen molar-refractivity contribution in [3.63, 3.8) is 0 Å². The van der Waals surface area contributed by atoms with E-state index in [1.165, 1.54) is 0 Å². The number of ether oxygens (including phenoxy) is 2. The monoisotopic (exact) mass is 384 g/mol. The highest BCUT2D eigenvalue weighted by Gasteiger charge is 2.17. The summed E-state index contributed by atoms with van der Waals surface area (Å²) in [5, 5.41) is 11.1. The van der Waals surface area contributed by atoms with E-state index in [4.69, 9.17) is 13.9 Å². The summed E-state index contributed by atoms with van der Waals surface area (Å²) in [6, 6.07) is 8.58. The summed E-state index contributed by atoms with van der Waals surface area (Å²) in [4.78, 5) is 17.0. The van der Waals surface area contributed by atoms with E-state index in [-0.39, 0.29) is 16.6 Å². The molecular weight excluding hydrogens is 360 g/mol. The molecule has 0 radical (unpaired) electrons. The van der Waals surface area contributed by atoms with E-state index in [0.29, 0.717) is 42.1 Å². The normalized spacial score (nSPS) is 14.9. The first-order valence-corrected chi connectivity index (χ1v) is 9.37. The van der Waals surface area contributed by atoms with Crippen LogP contribution in [0.15, 0.2) is 39.5 Å². The summed E-state index contributed by atoms with van der Waals surface area (Å²) < 4.78 is 17.1. The van der Waals surface area contributed by atoms with Crippen LogP contribution in [0.3, 0.4) is 0 Å². The van der Waals surface area contributed by atoms with Crippen molar-refractivity contribution in [2.75, 3.05) is 58.5 Å². The van der Waals surface area contributed by atoms with E-state index < -0.39 is 0 Å². The molecule has 0 saturated carbocycles. The van der Waals surface area contributed by atoms with Crippen LogP contribution in [0.4, 0.5) is 5.69 Å². The number of nitrogens with zero attached hydrogens (tertiary/aromatic N) is 2. The highest BCUT2D eigenvalue weighted by atomic mass is 16.5.